The van der Waals surface area contributed by atoms with Crippen molar-refractivity contribution >= 4 is 17.6 Å². The lowest BCUT2D eigenvalue weighted by atomic mass is 10.0. The Kier molecular flexibility index (Phi) is 6.34. The summed E-state index contributed by atoms with van der Waals surface area (Å²) in [5.41, 5.74) is 0.975. The van der Waals surface area contributed by atoms with Gasteiger partial charge in [-0.1, -0.05) is 6.42 Å². The van der Waals surface area contributed by atoms with E-state index >= 15 is 0 Å². The Morgan fingerprint density at radius 1 is 1.62 bits per heavy atom. The van der Waals surface area contributed by atoms with Crippen LogP contribution < -0.4 is 0 Å². The molecule has 2 heterocycles. The van der Waals surface area contributed by atoms with E-state index in [-0.39, 0.29) is 5.92 Å². The van der Waals surface area contributed by atoms with Crippen molar-refractivity contribution in [3.63, 3.8) is 0 Å². The third-order valence-electron chi connectivity index (χ3n) is 3.97. The second-order valence-corrected chi connectivity index (χ2v) is 6.61. The molecule has 0 N–H and O–H groups in total. The monoisotopic (exact) mass is 304 g/mol. The lowest BCUT2D eigenvalue weighted by molar-refractivity contribution is 0.160. The van der Waals surface area contributed by atoms with E-state index in [1.165, 1.54) is 37.1 Å². The van der Waals surface area contributed by atoms with Crippen molar-refractivity contribution in [2.24, 2.45) is 4.99 Å². The predicted molar refractivity (Wildman–Crippen MR) is 88.1 cm³/mol. The van der Waals surface area contributed by atoms with Gasteiger partial charge in [0, 0.05) is 36.4 Å². The minimum Gasteiger partial charge on any atom is -0.301 e. The van der Waals surface area contributed by atoms with Crippen LogP contribution in [-0.4, -0.2) is 41.8 Å². The number of hydrogen-bond acceptors (Lipinski definition) is 5. The van der Waals surface area contributed by atoms with Gasteiger partial charge in [-0.2, -0.15) is 5.26 Å². The van der Waals surface area contributed by atoms with E-state index in [0.29, 0.717) is 6.04 Å². The standard InChI is InChI=1S/C16H24N4S/c1-13-12-21-16(19-13)15(10-17)11-18-7-5-9-20-8-4-3-6-14(20)2/h11-12,14-15H,3-9H2,1-2H3/t14-,15+/m1/s1. The fourth-order valence-electron chi connectivity index (χ4n) is 2.70. The van der Waals surface area contributed by atoms with Crippen molar-refractivity contribution in [3.05, 3.63) is 16.1 Å². The van der Waals surface area contributed by atoms with Gasteiger partial charge in [0.25, 0.3) is 0 Å². The highest BCUT2D eigenvalue weighted by molar-refractivity contribution is 7.09. The summed E-state index contributed by atoms with van der Waals surface area (Å²) in [5.74, 6) is -0.294. The summed E-state index contributed by atoms with van der Waals surface area (Å²) in [5, 5.41) is 12.0. The molecule has 1 aliphatic heterocycles. The lowest BCUT2D eigenvalue weighted by Gasteiger charge is -2.33. The quantitative estimate of drug-likeness (QED) is 0.598. The second kappa shape index (κ2) is 8.26. The van der Waals surface area contributed by atoms with E-state index in [4.69, 9.17) is 0 Å². The number of hydrogen-bond donors (Lipinski definition) is 0. The number of aliphatic imine (C=N–C) groups is 1. The molecule has 0 bridgehead atoms. The van der Waals surface area contributed by atoms with E-state index in [0.717, 1.165) is 30.2 Å². The molecule has 1 aliphatic rings. The number of aryl methyl sites for hydroxylation is 1. The van der Waals surface area contributed by atoms with Gasteiger partial charge in [-0.05, 0) is 39.7 Å². The van der Waals surface area contributed by atoms with Crippen molar-refractivity contribution < 1.29 is 0 Å². The highest BCUT2D eigenvalue weighted by atomic mass is 32.1. The molecule has 0 saturated carbocycles. The fourth-order valence-corrected chi connectivity index (χ4v) is 3.50. The van der Waals surface area contributed by atoms with Crippen molar-refractivity contribution in [1.29, 1.82) is 5.26 Å². The molecule has 0 unspecified atom stereocenters. The molecule has 1 aromatic rings. The normalized spacial score (nSPS) is 21.5. The molecule has 1 fully saturated rings. The van der Waals surface area contributed by atoms with Crippen molar-refractivity contribution in [2.75, 3.05) is 19.6 Å². The number of aromatic nitrogens is 1. The number of rotatable bonds is 6. The first-order valence-corrected chi connectivity index (χ1v) is 8.64. The Balaban J connectivity index is 1.73. The van der Waals surface area contributed by atoms with E-state index in [1.54, 1.807) is 6.21 Å². The van der Waals surface area contributed by atoms with Crippen LogP contribution in [0.3, 0.4) is 0 Å². The minimum absolute atomic E-state index is 0.294. The maximum Gasteiger partial charge on any atom is 0.133 e. The molecule has 21 heavy (non-hydrogen) atoms. The van der Waals surface area contributed by atoms with Crippen molar-refractivity contribution in [1.82, 2.24) is 9.88 Å². The summed E-state index contributed by atoms with van der Waals surface area (Å²) < 4.78 is 0. The van der Waals surface area contributed by atoms with Crippen LogP contribution >= 0.6 is 11.3 Å². The molecule has 5 heteroatoms. The summed E-state index contributed by atoms with van der Waals surface area (Å²) >= 11 is 1.54. The summed E-state index contributed by atoms with van der Waals surface area (Å²) in [7, 11) is 0. The fraction of sp³-hybridized carbons (Fsp3) is 0.688. The van der Waals surface area contributed by atoms with Crippen LogP contribution in [0.25, 0.3) is 0 Å². The third kappa shape index (κ3) is 4.90. The zero-order chi connectivity index (χ0) is 15.1. The van der Waals surface area contributed by atoms with Crippen molar-refractivity contribution in [2.45, 2.75) is 51.5 Å². The first-order valence-electron chi connectivity index (χ1n) is 7.76. The van der Waals surface area contributed by atoms with Gasteiger partial charge in [-0.25, -0.2) is 4.98 Å². The Morgan fingerprint density at radius 2 is 2.48 bits per heavy atom. The Morgan fingerprint density at radius 3 is 3.14 bits per heavy atom. The van der Waals surface area contributed by atoms with Gasteiger partial charge >= 0.3 is 0 Å². The van der Waals surface area contributed by atoms with Gasteiger partial charge in [-0.3, -0.25) is 4.99 Å². The van der Waals surface area contributed by atoms with E-state index in [2.05, 4.69) is 27.9 Å². The zero-order valence-corrected chi connectivity index (χ0v) is 13.8. The summed E-state index contributed by atoms with van der Waals surface area (Å²) in [6.45, 7) is 7.41. The maximum absolute atomic E-state index is 9.20. The topological polar surface area (TPSA) is 52.3 Å². The van der Waals surface area contributed by atoms with E-state index in [9.17, 15) is 5.26 Å². The number of nitriles is 1. The molecule has 114 valence electrons. The lowest BCUT2D eigenvalue weighted by Crippen LogP contribution is -2.38. The SMILES string of the molecule is Cc1csc([C@@H](C#N)C=NCCCN2CCCC[C@H]2C)n1. The average Bonchev–Trinajstić information content (AvgIpc) is 2.91. The molecular weight excluding hydrogens is 280 g/mol. The molecule has 1 saturated heterocycles. The van der Waals surface area contributed by atoms with Crippen LogP contribution in [0.5, 0.6) is 0 Å². The van der Waals surface area contributed by atoms with Gasteiger partial charge in [0.1, 0.15) is 10.9 Å². The highest BCUT2D eigenvalue weighted by Crippen LogP contribution is 2.18. The van der Waals surface area contributed by atoms with Crippen LogP contribution in [-0.2, 0) is 0 Å². The zero-order valence-electron chi connectivity index (χ0n) is 13.0. The highest BCUT2D eigenvalue weighted by Gasteiger charge is 2.17. The molecule has 0 spiro atoms. The number of nitrogens with zero attached hydrogens (tertiary/aromatic N) is 4. The van der Waals surface area contributed by atoms with Crippen LogP contribution in [0.1, 0.15) is 49.2 Å². The number of likely N-dealkylation sites (tertiary alicyclic amines) is 1. The third-order valence-corrected chi connectivity index (χ3v) is 5.02. The maximum atomic E-state index is 9.20. The summed E-state index contributed by atoms with van der Waals surface area (Å²) in [4.78, 5) is 11.4. The molecule has 2 rings (SSSR count). The largest absolute Gasteiger partial charge is 0.301 e. The first kappa shape index (κ1) is 16.1. The second-order valence-electron chi connectivity index (χ2n) is 5.72. The smallest absolute Gasteiger partial charge is 0.133 e. The van der Waals surface area contributed by atoms with Crippen LogP contribution in [0.4, 0.5) is 0 Å². The van der Waals surface area contributed by atoms with Crippen LogP contribution in [0.15, 0.2) is 10.4 Å². The van der Waals surface area contributed by atoms with Gasteiger partial charge < -0.3 is 4.90 Å². The Hall–Kier alpha value is -1.25. The van der Waals surface area contributed by atoms with Gasteiger partial charge in [0.05, 0.1) is 6.07 Å². The molecule has 2 atom stereocenters. The molecule has 0 amide bonds. The van der Waals surface area contributed by atoms with Crippen molar-refractivity contribution in [3.8, 4) is 6.07 Å². The molecule has 4 nitrogen and oxygen atoms in total. The van der Waals surface area contributed by atoms with Gasteiger partial charge in [0.15, 0.2) is 0 Å². The number of thiazole rings is 1. The van der Waals surface area contributed by atoms with Gasteiger partial charge in [-0.15, -0.1) is 11.3 Å². The Bertz CT molecular complexity index is 503. The van der Waals surface area contributed by atoms with Gasteiger partial charge in [0.2, 0.25) is 0 Å². The average molecular weight is 304 g/mol. The van der Waals surface area contributed by atoms with E-state index < -0.39 is 0 Å². The molecule has 1 aromatic heterocycles. The summed E-state index contributed by atoms with van der Waals surface area (Å²) in [6.07, 6.45) is 6.84. The Labute approximate surface area is 131 Å². The van der Waals surface area contributed by atoms with E-state index in [1.807, 2.05) is 12.3 Å². The first-order chi connectivity index (χ1) is 10.2. The molecule has 0 aliphatic carbocycles. The number of piperidine rings is 1. The minimum atomic E-state index is -0.294. The molecule has 0 aromatic carbocycles. The summed E-state index contributed by atoms with van der Waals surface area (Å²) in [6, 6.07) is 2.98. The van der Waals surface area contributed by atoms with Crippen LogP contribution in [0, 0.1) is 18.3 Å². The van der Waals surface area contributed by atoms with Crippen LogP contribution in [0.2, 0.25) is 0 Å². The predicted octanol–water partition coefficient (Wildman–Crippen LogP) is 3.39. The molecular formula is C16H24N4S. The molecule has 0 radical (unpaired) electrons.